The first kappa shape index (κ1) is 10.5. The number of fused-ring (bicyclic) bond motifs is 1. The molecular weight excluding hydrogens is 204 g/mol. The first-order valence-corrected chi connectivity index (χ1v) is 4.94. The summed E-state index contributed by atoms with van der Waals surface area (Å²) >= 11 is 0. The molecule has 0 aliphatic carbocycles. The van der Waals surface area contributed by atoms with Gasteiger partial charge in [0.2, 0.25) is 0 Å². The highest BCUT2D eigenvalue weighted by atomic mass is 16.5. The lowest BCUT2D eigenvalue weighted by Crippen LogP contribution is -1.97. The van der Waals surface area contributed by atoms with Crippen LogP contribution in [0.15, 0.2) is 18.3 Å². The van der Waals surface area contributed by atoms with Crippen molar-refractivity contribution in [2.45, 2.75) is 6.92 Å². The number of benzene rings is 1. The van der Waals surface area contributed by atoms with Crippen molar-refractivity contribution in [3.05, 3.63) is 23.9 Å². The minimum Gasteiger partial charge on any atom is -0.494 e. The van der Waals surface area contributed by atoms with Crippen molar-refractivity contribution in [1.82, 2.24) is 4.98 Å². The molecule has 0 bridgehead atoms. The number of aryl methyl sites for hydroxylation is 1. The van der Waals surface area contributed by atoms with Crippen molar-refractivity contribution in [2.75, 3.05) is 20.0 Å². The molecule has 0 aliphatic heterocycles. The van der Waals surface area contributed by atoms with Crippen LogP contribution in [-0.2, 0) is 0 Å². The summed E-state index contributed by atoms with van der Waals surface area (Å²) < 4.78 is 10.5. The van der Waals surface area contributed by atoms with E-state index in [1.807, 2.05) is 13.0 Å². The molecule has 0 radical (unpaired) electrons. The Bertz CT molecular complexity index is 538. The normalized spacial score (nSPS) is 10.4. The van der Waals surface area contributed by atoms with Crippen molar-refractivity contribution >= 4 is 16.6 Å². The Labute approximate surface area is 94.0 Å². The lowest BCUT2D eigenvalue weighted by molar-refractivity contribution is 0.411. The molecule has 0 aliphatic rings. The van der Waals surface area contributed by atoms with E-state index in [-0.39, 0.29) is 0 Å². The van der Waals surface area contributed by atoms with E-state index in [1.54, 1.807) is 26.5 Å². The van der Waals surface area contributed by atoms with E-state index in [1.165, 1.54) is 0 Å². The van der Waals surface area contributed by atoms with Gasteiger partial charge in [0, 0.05) is 17.6 Å². The SMILES string of the molecule is COc1c(N)cc(OC)c2ncc(C)cc12. The number of nitrogens with zero attached hydrogens (tertiary/aromatic N) is 1. The first-order chi connectivity index (χ1) is 7.67. The van der Waals surface area contributed by atoms with Gasteiger partial charge in [0.25, 0.3) is 0 Å². The summed E-state index contributed by atoms with van der Waals surface area (Å²) in [5.74, 6) is 1.31. The molecule has 0 amide bonds. The Morgan fingerprint density at radius 1 is 1.19 bits per heavy atom. The summed E-state index contributed by atoms with van der Waals surface area (Å²) in [5, 5.41) is 0.874. The summed E-state index contributed by atoms with van der Waals surface area (Å²) in [6.45, 7) is 1.97. The molecule has 0 unspecified atom stereocenters. The van der Waals surface area contributed by atoms with Crippen LogP contribution in [0.25, 0.3) is 10.9 Å². The fourth-order valence-electron chi connectivity index (χ4n) is 1.75. The molecule has 1 heterocycles. The molecule has 1 aromatic carbocycles. The predicted octanol–water partition coefficient (Wildman–Crippen LogP) is 2.14. The average molecular weight is 218 g/mol. The van der Waals surface area contributed by atoms with E-state index in [0.29, 0.717) is 17.2 Å². The summed E-state index contributed by atoms with van der Waals surface area (Å²) in [4.78, 5) is 4.34. The number of methoxy groups -OCH3 is 2. The van der Waals surface area contributed by atoms with E-state index in [4.69, 9.17) is 15.2 Å². The number of nitrogen functional groups attached to an aromatic ring is 1. The van der Waals surface area contributed by atoms with E-state index in [0.717, 1.165) is 16.5 Å². The highest BCUT2D eigenvalue weighted by Gasteiger charge is 2.12. The van der Waals surface area contributed by atoms with E-state index in [9.17, 15) is 0 Å². The number of nitrogens with two attached hydrogens (primary N) is 1. The number of ether oxygens (including phenoxy) is 2. The van der Waals surface area contributed by atoms with Crippen LogP contribution in [-0.4, -0.2) is 19.2 Å². The molecule has 16 heavy (non-hydrogen) atoms. The predicted molar refractivity (Wildman–Crippen MR) is 64.0 cm³/mol. The van der Waals surface area contributed by atoms with Crippen LogP contribution in [0.4, 0.5) is 5.69 Å². The van der Waals surface area contributed by atoms with Gasteiger partial charge in [0.15, 0.2) is 5.75 Å². The largest absolute Gasteiger partial charge is 0.494 e. The maximum absolute atomic E-state index is 5.89. The zero-order valence-electron chi connectivity index (χ0n) is 9.57. The fraction of sp³-hybridized carbons (Fsp3) is 0.250. The van der Waals surface area contributed by atoms with Gasteiger partial charge >= 0.3 is 0 Å². The van der Waals surface area contributed by atoms with E-state index in [2.05, 4.69) is 4.98 Å². The second-order valence-electron chi connectivity index (χ2n) is 3.61. The van der Waals surface area contributed by atoms with Crippen LogP contribution in [0, 0.1) is 6.92 Å². The molecule has 2 rings (SSSR count). The summed E-state index contributed by atoms with van der Waals surface area (Å²) in [5.41, 5.74) is 8.26. The fourth-order valence-corrected chi connectivity index (χ4v) is 1.75. The Kier molecular flexibility index (Phi) is 2.56. The summed E-state index contributed by atoms with van der Waals surface area (Å²) in [6, 6.07) is 3.71. The molecule has 1 aromatic heterocycles. The van der Waals surface area contributed by atoms with Crippen molar-refractivity contribution in [3.63, 3.8) is 0 Å². The molecule has 0 fully saturated rings. The molecule has 2 aromatic rings. The summed E-state index contributed by atoms with van der Waals surface area (Å²) in [7, 11) is 3.20. The van der Waals surface area contributed by atoms with Crippen LogP contribution >= 0.6 is 0 Å². The number of anilines is 1. The second-order valence-corrected chi connectivity index (χ2v) is 3.61. The van der Waals surface area contributed by atoms with Crippen molar-refractivity contribution in [3.8, 4) is 11.5 Å². The van der Waals surface area contributed by atoms with Crippen LogP contribution in [0.3, 0.4) is 0 Å². The quantitative estimate of drug-likeness (QED) is 0.784. The smallest absolute Gasteiger partial charge is 0.151 e. The lowest BCUT2D eigenvalue weighted by atomic mass is 10.1. The maximum Gasteiger partial charge on any atom is 0.151 e. The third-order valence-corrected chi connectivity index (χ3v) is 2.48. The van der Waals surface area contributed by atoms with Crippen molar-refractivity contribution in [2.24, 2.45) is 0 Å². The number of pyridine rings is 1. The highest BCUT2D eigenvalue weighted by Crippen LogP contribution is 2.37. The zero-order valence-corrected chi connectivity index (χ0v) is 9.57. The van der Waals surface area contributed by atoms with Gasteiger partial charge < -0.3 is 15.2 Å². The van der Waals surface area contributed by atoms with Gasteiger partial charge in [0.05, 0.1) is 19.9 Å². The Morgan fingerprint density at radius 2 is 1.94 bits per heavy atom. The first-order valence-electron chi connectivity index (χ1n) is 4.94. The van der Waals surface area contributed by atoms with Crippen LogP contribution in [0.1, 0.15) is 5.56 Å². The van der Waals surface area contributed by atoms with E-state index >= 15 is 0 Å². The van der Waals surface area contributed by atoms with Gasteiger partial charge in [-0.25, -0.2) is 0 Å². The van der Waals surface area contributed by atoms with Gasteiger partial charge in [-0.1, -0.05) is 0 Å². The molecule has 2 N–H and O–H groups in total. The second kappa shape index (κ2) is 3.89. The van der Waals surface area contributed by atoms with Gasteiger partial charge in [-0.2, -0.15) is 0 Å². The highest BCUT2D eigenvalue weighted by molar-refractivity contribution is 5.95. The van der Waals surface area contributed by atoms with Crippen molar-refractivity contribution in [1.29, 1.82) is 0 Å². The van der Waals surface area contributed by atoms with E-state index < -0.39 is 0 Å². The van der Waals surface area contributed by atoms with Gasteiger partial charge in [-0.3, -0.25) is 4.98 Å². The average Bonchev–Trinajstić information content (AvgIpc) is 2.27. The molecule has 84 valence electrons. The van der Waals surface area contributed by atoms with Crippen LogP contribution in [0.2, 0.25) is 0 Å². The van der Waals surface area contributed by atoms with Crippen molar-refractivity contribution < 1.29 is 9.47 Å². The standard InChI is InChI=1S/C12H14N2O2/c1-7-4-8-11(14-6-7)10(15-2)5-9(13)12(8)16-3/h4-6H,13H2,1-3H3. The molecule has 0 spiro atoms. The molecular formula is C12H14N2O2. The number of hydrogen-bond acceptors (Lipinski definition) is 4. The lowest BCUT2D eigenvalue weighted by Gasteiger charge is -2.12. The number of rotatable bonds is 2. The third-order valence-electron chi connectivity index (χ3n) is 2.48. The molecule has 0 atom stereocenters. The third kappa shape index (κ3) is 1.52. The topological polar surface area (TPSA) is 57.4 Å². The molecule has 0 saturated carbocycles. The maximum atomic E-state index is 5.89. The molecule has 0 saturated heterocycles. The van der Waals surface area contributed by atoms with Gasteiger partial charge in [-0.05, 0) is 18.6 Å². The Balaban J connectivity index is 2.88. The van der Waals surface area contributed by atoms with Gasteiger partial charge in [0.1, 0.15) is 11.3 Å². The minimum absolute atomic E-state index is 0.555. The molecule has 4 heteroatoms. The Morgan fingerprint density at radius 3 is 2.56 bits per heavy atom. The summed E-state index contributed by atoms with van der Waals surface area (Å²) in [6.07, 6.45) is 1.79. The van der Waals surface area contributed by atoms with Gasteiger partial charge in [-0.15, -0.1) is 0 Å². The van der Waals surface area contributed by atoms with Crippen LogP contribution < -0.4 is 15.2 Å². The molecule has 4 nitrogen and oxygen atoms in total. The number of hydrogen-bond donors (Lipinski definition) is 1. The Hall–Kier alpha value is -1.97. The zero-order chi connectivity index (χ0) is 11.7. The van der Waals surface area contributed by atoms with Crippen LogP contribution in [0.5, 0.6) is 11.5 Å². The minimum atomic E-state index is 0.555. The number of aromatic nitrogens is 1. The monoisotopic (exact) mass is 218 g/mol.